The molecule has 1 unspecified atom stereocenters. The Hall–Kier alpha value is -1.66. The SMILES string of the molecule is CC(C)(C)OC(=O)N1c2c(Br)cc(F)c(F)c2CCC1c1ccc(Cl)cc1. The predicted octanol–water partition coefficient (Wildman–Crippen LogP) is 6.81. The zero-order valence-electron chi connectivity index (χ0n) is 15.2. The fraction of sp³-hybridized carbons (Fsp3) is 0.350. The Balaban J connectivity index is 2.14. The number of ether oxygens (including phenoxy) is 1. The van der Waals surface area contributed by atoms with Crippen LogP contribution in [0, 0.1) is 11.6 Å². The van der Waals surface area contributed by atoms with E-state index < -0.39 is 23.3 Å². The Morgan fingerprint density at radius 3 is 2.48 bits per heavy atom. The molecular formula is C20H19BrClF2NO2. The van der Waals surface area contributed by atoms with Crippen LogP contribution in [0.5, 0.6) is 0 Å². The lowest BCUT2D eigenvalue weighted by molar-refractivity contribution is 0.0559. The number of fused-ring (bicyclic) bond motifs is 1. The molecule has 2 aromatic rings. The number of nitrogens with zero attached hydrogens (tertiary/aromatic N) is 1. The van der Waals surface area contributed by atoms with Crippen molar-refractivity contribution >= 4 is 39.3 Å². The molecule has 144 valence electrons. The van der Waals surface area contributed by atoms with Crippen LogP contribution in [-0.4, -0.2) is 11.7 Å². The zero-order chi connectivity index (χ0) is 19.9. The molecule has 1 atom stereocenters. The highest BCUT2D eigenvalue weighted by Crippen LogP contribution is 2.45. The van der Waals surface area contributed by atoms with E-state index in [4.69, 9.17) is 16.3 Å². The van der Waals surface area contributed by atoms with Crippen molar-refractivity contribution < 1.29 is 18.3 Å². The van der Waals surface area contributed by atoms with Gasteiger partial charge in [-0.15, -0.1) is 0 Å². The van der Waals surface area contributed by atoms with Gasteiger partial charge in [0.05, 0.1) is 11.7 Å². The number of benzene rings is 2. The molecule has 0 bridgehead atoms. The highest BCUT2D eigenvalue weighted by Gasteiger charge is 2.38. The minimum atomic E-state index is -0.949. The number of halogens is 4. The van der Waals surface area contributed by atoms with E-state index >= 15 is 0 Å². The lowest BCUT2D eigenvalue weighted by Crippen LogP contribution is -2.42. The maximum atomic E-state index is 14.4. The third-order valence-electron chi connectivity index (χ3n) is 4.31. The number of carbonyl (C=O) groups excluding carboxylic acids is 1. The Morgan fingerprint density at radius 2 is 1.89 bits per heavy atom. The lowest BCUT2D eigenvalue weighted by Gasteiger charge is -2.39. The second-order valence-corrected chi connectivity index (χ2v) is 8.73. The largest absolute Gasteiger partial charge is 0.443 e. The molecule has 1 aliphatic rings. The van der Waals surface area contributed by atoms with Gasteiger partial charge in [0.1, 0.15) is 5.60 Å². The Kier molecular flexibility index (Phi) is 5.50. The van der Waals surface area contributed by atoms with E-state index in [0.717, 1.165) is 11.6 Å². The van der Waals surface area contributed by atoms with Crippen LogP contribution in [0.15, 0.2) is 34.8 Å². The highest BCUT2D eigenvalue weighted by molar-refractivity contribution is 9.10. The van der Waals surface area contributed by atoms with Gasteiger partial charge in [-0.05, 0) is 73.3 Å². The van der Waals surface area contributed by atoms with Crippen LogP contribution in [0.3, 0.4) is 0 Å². The van der Waals surface area contributed by atoms with Crippen molar-refractivity contribution in [3.05, 3.63) is 62.6 Å². The van der Waals surface area contributed by atoms with Gasteiger partial charge < -0.3 is 4.74 Å². The molecule has 1 heterocycles. The van der Waals surface area contributed by atoms with Crippen LogP contribution >= 0.6 is 27.5 Å². The molecule has 27 heavy (non-hydrogen) atoms. The molecule has 3 rings (SSSR count). The first kappa shape index (κ1) is 20.1. The number of anilines is 1. The average Bonchev–Trinajstić information content (AvgIpc) is 2.58. The molecule has 3 nitrogen and oxygen atoms in total. The number of hydrogen-bond donors (Lipinski definition) is 0. The molecule has 1 aliphatic heterocycles. The van der Waals surface area contributed by atoms with E-state index in [-0.39, 0.29) is 11.6 Å². The van der Waals surface area contributed by atoms with Gasteiger partial charge >= 0.3 is 6.09 Å². The van der Waals surface area contributed by atoms with Gasteiger partial charge in [-0.1, -0.05) is 23.7 Å². The van der Waals surface area contributed by atoms with Crippen LogP contribution in [0.1, 0.15) is 44.4 Å². The molecule has 2 aromatic carbocycles. The molecule has 0 fully saturated rings. The van der Waals surface area contributed by atoms with E-state index in [0.29, 0.717) is 28.0 Å². The minimum Gasteiger partial charge on any atom is -0.443 e. The molecule has 0 spiro atoms. The number of amides is 1. The molecule has 7 heteroatoms. The van der Waals surface area contributed by atoms with Gasteiger partial charge in [0.15, 0.2) is 11.6 Å². The molecule has 0 saturated heterocycles. The summed E-state index contributed by atoms with van der Waals surface area (Å²) in [4.78, 5) is 14.4. The second-order valence-electron chi connectivity index (χ2n) is 7.44. The fourth-order valence-electron chi connectivity index (χ4n) is 3.22. The van der Waals surface area contributed by atoms with Gasteiger partial charge in [-0.25, -0.2) is 13.6 Å². The van der Waals surface area contributed by atoms with Crippen molar-refractivity contribution in [2.24, 2.45) is 0 Å². The van der Waals surface area contributed by atoms with Crippen LogP contribution < -0.4 is 4.90 Å². The highest BCUT2D eigenvalue weighted by atomic mass is 79.9. The van der Waals surface area contributed by atoms with Crippen molar-refractivity contribution in [1.82, 2.24) is 0 Å². The molecule has 0 aliphatic carbocycles. The van der Waals surface area contributed by atoms with Crippen LogP contribution in [0.2, 0.25) is 5.02 Å². The maximum absolute atomic E-state index is 14.4. The number of hydrogen-bond acceptors (Lipinski definition) is 2. The van der Waals surface area contributed by atoms with Crippen molar-refractivity contribution in [3.8, 4) is 0 Å². The van der Waals surface area contributed by atoms with Gasteiger partial charge in [-0.2, -0.15) is 0 Å². The molecule has 0 saturated carbocycles. The van der Waals surface area contributed by atoms with Gasteiger partial charge in [0.2, 0.25) is 0 Å². The first-order valence-electron chi connectivity index (χ1n) is 8.52. The monoisotopic (exact) mass is 457 g/mol. The normalized spacial score (nSPS) is 16.9. The van der Waals surface area contributed by atoms with Crippen LogP contribution in [-0.2, 0) is 11.2 Å². The van der Waals surface area contributed by atoms with Gasteiger partial charge in [-0.3, -0.25) is 4.90 Å². The van der Waals surface area contributed by atoms with E-state index in [1.54, 1.807) is 32.9 Å². The lowest BCUT2D eigenvalue weighted by atomic mass is 9.91. The summed E-state index contributed by atoms with van der Waals surface area (Å²) >= 11 is 9.27. The molecule has 0 radical (unpaired) electrons. The Labute approximate surface area is 170 Å². The van der Waals surface area contributed by atoms with Crippen molar-refractivity contribution in [3.63, 3.8) is 0 Å². The summed E-state index contributed by atoms with van der Waals surface area (Å²) < 4.78 is 34.2. The van der Waals surface area contributed by atoms with Crippen LogP contribution in [0.25, 0.3) is 0 Å². The summed E-state index contributed by atoms with van der Waals surface area (Å²) in [6.45, 7) is 5.27. The fourth-order valence-corrected chi connectivity index (χ4v) is 3.98. The number of carbonyl (C=O) groups is 1. The molecule has 0 aromatic heterocycles. The summed E-state index contributed by atoms with van der Waals surface area (Å²) in [5.41, 5.74) is 0.574. The van der Waals surface area contributed by atoms with Crippen LogP contribution in [0.4, 0.5) is 19.3 Å². The molecule has 0 N–H and O–H groups in total. The summed E-state index contributed by atoms with van der Waals surface area (Å²) in [6.07, 6.45) is 0.111. The quantitative estimate of drug-likeness (QED) is 0.439. The predicted molar refractivity (Wildman–Crippen MR) is 105 cm³/mol. The summed E-state index contributed by atoms with van der Waals surface area (Å²) in [5.74, 6) is -1.88. The summed E-state index contributed by atoms with van der Waals surface area (Å²) in [6, 6.07) is 7.77. The Bertz CT molecular complexity index is 881. The third-order valence-corrected chi connectivity index (χ3v) is 5.16. The van der Waals surface area contributed by atoms with E-state index in [1.165, 1.54) is 4.90 Å². The van der Waals surface area contributed by atoms with Crippen molar-refractivity contribution in [1.29, 1.82) is 0 Å². The molecule has 1 amide bonds. The van der Waals surface area contributed by atoms with Gasteiger partial charge in [0, 0.05) is 15.1 Å². The van der Waals surface area contributed by atoms with E-state index in [2.05, 4.69) is 15.9 Å². The summed E-state index contributed by atoms with van der Waals surface area (Å²) in [7, 11) is 0. The van der Waals surface area contributed by atoms with Gasteiger partial charge in [0.25, 0.3) is 0 Å². The molecular weight excluding hydrogens is 440 g/mol. The van der Waals surface area contributed by atoms with E-state index in [1.807, 2.05) is 12.1 Å². The zero-order valence-corrected chi connectivity index (χ0v) is 17.5. The smallest absolute Gasteiger partial charge is 0.415 e. The Morgan fingerprint density at radius 1 is 1.26 bits per heavy atom. The maximum Gasteiger partial charge on any atom is 0.415 e. The first-order chi connectivity index (χ1) is 12.6. The van der Waals surface area contributed by atoms with Crippen molar-refractivity contribution in [2.45, 2.75) is 45.3 Å². The number of rotatable bonds is 1. The standard InChI is InChI=1S/C20H19BrClF2NO2/c1-20(2,3)27-19(26)25-16(11-4-6-12(22)7-5-11)9-8-13-17(24)15(23)10-14(21)18(13)25/h4-7,10,16H,8-9H2,1-3H3. The second kappa shape index (κ2) is 7.40. The average molecular weight is 459 g/mol. The third kappa shape index (κ3) is 4.11. The van der Waals surface area contributed by atoms with Crippen molar-refractivity contribution in [2.75, 3.05) is 4.90 Å². The summed E-state index contributed by atoms with van der Waals surface area (Å²) in [5, 5.41) is 0.577. The first-order valence-corrected chi connectivity index (χ1v) is 9.69. The minimum absolute atomic E-state index is 0.165. The van der Waals surface area contributed by atoms with E-state index in [9.17, 15) is 13.6 Å². The topological polar surface area (TPSA) is 29.5 Å².